The summed E-state index contributed by atoms with van der Waals surface area (Å²) < 4.78 is 6.88. The Morgan fingerprint density at radius 1 is 1.45 bits per heavy atom. The second-order valence-electron chi connectivity index (χ2n) is 4.70. The van der Waals surface area contributed by atoms with Gasteiger partial charge in [-0.05, 0) is 38.1 Å². The average Bonchev–Trinajstić information content (AvgIpc) is 2.81. The molecule has 0 aliphatic rings. The van der Waals surface area contributed by atoms with Crippen LogP contribution in [0.4, 0.5) is 0 Å². The summed E-state index contributed by atoms with van der Waals surface area (Å²) in [4.78, 5) is 15.8. The molecule has 0 spiro atoms. The normalized spacial score (nSPS) is 10.9. The van der Waals surface area contributed by atoms with E-state index in [2.05, 4.69) is 32.6 Å². The number of hydrogen-bond donors (Lipinski definition) is 1. The first-order chi connectivity index (χ1) is 9.69. The minimum absolute atomic E-state index is 0.176. The third kappa shape index (κ3) is 2.99. The summed E-state index contributed by atoms with van der Waals surface area (Å²) in [6.07, 6.45) is 1.10. The lowest BCUT2D eigenvalue weighted by atomic mass is 10.1. The monoisotopic (exact) mass is 275 g/mol. The minimum Gasteiger partial charge on any atom is -0.469 e. The predicted octanol–water partition coefficient (Wildman–Crippen LogP) is 1.88. The number of ether oxygens (including phenoxy) is 1. The van der Waals surface area contributed by atoms with Gasteiger partial charge in [0.15, 0.2) is 0 Å². The number of rotatable bonds is 6. The van der Waals surface area contributed by atoms with E-state index in [1.807, 2.05) is 19.2 Å². The summed E-state index contributed by atoms with van der Waals surface area (Å²) in [6.45, 7) is 3.75. The number of carbonyl (C=O) groups is 1. The van der Waals surface area contributed by atoms with Gasteiger partial charge in [0.25, 0.3) is 0 Å². The van der Waals surface area contributed by atoms with Gasteiger partial charge in [-0.3, -0.25) is 4.79 Å². The number of hydrogen-bond acceptors (Lipinski definition) is 4. The van der Waals surface area contributed by atoms with Crippen LogP contribution in [-0.2, 0) is 29.0 Å². The van der Waals surface area contributed by atoms with Crippen LogP contribution in [0.3, 0.4) is 0 Å². The zero-order chi connectivity index (χ0) is 14.5. The Balaban J connectivity index is 2.29. The summed E-state index contributed by atoms with van der Waals surface area (Å²) in [6, 6.07) is 6.17. The zero-order valence-corrected chi connectivity index (χ0v) is 12.3. The Kier molecular flexibility index (Phi) is 4.74. The highest BCUT2D eigenvalue weighted by molar-refractivity contribution is 5.77. The predicted molar refractivity (Wildman–Crippen MR) is 78.5 cm³/mol. The summed E-state index contributed by atoms with van der Waals surface area (Å²) in [5.74, 6) is 0.861. The molecule has 5 nitrogen and oxygen atoms in total. The number of nitrogens with one attached hydrogen (secondary N) is 1. The van der Waals surface area contributed by atoms with E-state index in [0.717, 1.165) is 35.5 Å². The average molecular weight is 275 g/mol. The molecule has 20 heavy (non-hydrogen) atoms. The van der Waals surface area contributed by atoms with Crippen LogP contribution in [-0.4, -0.2) is 29.7 Å². The van der Waals surface area contributed by atoms with Crippen molar-refractivity contribution in [2.45, 2.75) is 32.9 Å². The van der Waals surface area contributed by atoms with Crippen LogP contribution >= 0.6 is 0 Å². The van der Waals surface area contributed by atoms with Crippen LogP contribution in [0, 0.1) is 0 Å². The van der Waals surface area contributed by atoms with Crippen molar-refractivity contribution in [2.75, 3.05) is 14.2 Å². The van der Waals surface area contributed by atoms with Crippen LogP contribution < -0.4 is 5.32 Å². The number of methoxy groups -OCH3 is 1. The second kappa shape index (κ2) is 6.52. The Morgan fingerprint density at radius 2 is 2.25 bits per heavy atom. The first-order valence-electron chi connectivity index (χ1n) is 6.89. The molecule has 1 aromatic heterocycles. The number of aryl methyl sites for hydroxylation is 2. The molecule has 108 valence electrons. The van der Waals surface area contributed by atoms with E-state index in [-0.39, 0.29) is 5.97 Å². The quantitative estimate of drug-likeness (QED) is 0.818. The van der Waals surface area contributed by atoms with Crippen LogP contribution in [0.2, 0.25) is 0 Å². The molecule has 0 fully saturated rings. The van der Waals surface area contributed by atoms with Crippen LogP contribution in [0.25, 0.3) is 11.0 Å². The maximum atomic E-state index is 11.2. The highest BCUT2D eigenvalue weighted by Crippen LogP contribution is 2.19. The van der Waals surface area contributed by atoms with Gasteiger partial charge in [0.2, 0.25) is 0 Å². The summed E-state index contributed by atoms with van der Waals surface area (Å²) in [7, 11) is 3.34. The van der Waals surface area contributed by atoms with Crippen molar-refractivity contribution in [3.8, 4) is 0 Å². The third-order valence-electron chi connectivity index (χ3n) is 3.39. The number of aromatic nitrogens is 2. The molecular weight excluding hydrogens is 254 g/mol. The van der Waals surface area contributed by atoms with Crippen molar-refractivity contribution in [2.24, 2.45) is 0 Å². The molecule has 1 N–H and O–H groups in total. The topological polar surface area (TPSA) is 56.2 Å². The van der Waals surface area contributed by atoms with Gasteiger partial charge < -0.3 is 14.6 Å². The first kappa shape index (κ1) is 14.5. The molecule has 0 saturated heterocycles. The zero-order valence-electron chi connectivity index (χ0n) is 12.3. The highest BCUT2D eigenvalue weighted by Gasteiger charge is 2.10. The molecule has 0 radical (unpaired) electrons. The molecular formula is C15H21N3O2. The number of esters is 1. The number of benzene rings is 1. The fourth-order valence-electron chi connectivity index (χ4n) is 2.37. The third-order valence-corrected chi connectivity index (χ3v) is 3.39. The summed E-state index contributed by atoms with van der Waals surface area (Å²) in [5.41, 5.74) is 3.26. The summed E-state index contributed by atoms with van der Waals surface area (Å²) >= 11 is 0. The van der Waals surface area contributed by atoms with E-state index in [9.17, 15) is 4.79 Å². The van der Waals surface area contributed by atoms with Gasteiger partial charge in [-0.1, -0.05) is 6.07 Å². The molecule has 0 bridgehead atoms. The standard InChI is InChI=1S/C15H21N3O2/c1-4-18-13-9-11(6-8-15(19)20-3)5-7-12(13)17-14(18)10-16-2/h5,7,9,16H,4,6,8,10H2,1-3H3. The molecule has 0 saturated carbocycles. The molecule has 5 heteroatoms. The van der Waals surface area contributed by atoms with Gasteiger partial charge in [-0.25, -0.2) is 4.98 Å². The van der Waals surface area contributed by atoms with E-state index in [1.165, 1.54) is 7.11 Å². The maximum Gasteiger partial charge on any atom is 0.305 e. The lowest BCUT2D eigenvalue weighted by molar-refractivity contribution is -0.140. The summed E-state index contributed by atoms with van der Waals surface area (Å²) in [5, 5.41) is 3.14. The minimum atomic E-state index is -0.176. The van der Waals surface area contributed by atoms with Crippen molar-refractivity contribution in [3.05, 3.63) is 29.6 Å². The van der Waals surface area contributed by atoms with Crippen molar-refractivity contribution in [3.63, 3.8) is 0 Å². The Bertz CT molecular complexity index is 604. The number of fused-ring (bicyclic) bond motifs is 1. The maximum absolute atomic E-state index is 11.2. The van der Waals surface area contributed by atoms with Crippen molar-refractivity contribution >= 4 is 17.0 Å². The Hall–Kier alpha value is -1.88. The fourth-order valence-corrected chi connectivity index (χ4v) is 2.37. The molecule has 2 rings (SSSR count). The largest absolute Gasteiger partial charge is 0.469 e. The molecule has 0 aliphatic carbocycles. The number of carbonyl (C=O) groups excluding carboxylic acids is 1. The molecule has 1 heterocycles. The fraction of sp³-hybridized carbons (Fsp3) is 0.467. The molecule has 0 atom stereocenters. The number of nitrogens with zero attached hydrogens (tertiary/aromatic N) is 2. The van der Waals surface area contributed by atoms with Crippen molar-refractivity contribution < 1.29 is 9.53 Å². The van der Waals surface area contributed by atoms with Gasteiger partial charge in [-0.2, -0.15) is 0 Å². The molecule has 0 amide bonds. The molecule has 2 aromatic rings. The van der Waals surface area contributed by atoms with Gasteiger partial charge in [-0.15, -0.1) is 0 Å². The van der Waals surface area contributed by atoms with Crippen LogP contribution in [0.15, 0.2) is 18.2 Å². The van der Waals surface area contributed by atoms with Gasteiger partial charge in [0.05, 0.1) is 24.7 Å². The van der Waals surface area contributed by atoms with Gasteiger partial charge >= 0.3 is 5.97 Å². The Morgan fingerprint density at radius 3 is 2.90 bits per heavy atom. The highest BCUT2D eigenvalue weighted by atomic mass is 16.5. The van der Waals surface area contributed by atoms with E-state index >= 15 is 0 Å². The number of imidazole rings is 1. The molecule has 0 unspecified atom stereocenters. The lowest BCUT2D eigenvalue weighted by Crippen LogP contribution is -2.11. The van der Waals surface area contributed by atoms with E-state index in [1.54, 1.807) is 0 Å². The first-order valence-corrected chi connectivity index (χ1v) is 6.89. The Labute approximate surface area is 118 Å². The van der Waals surface area contributed by atoms with Crippen molar-refractivity contribution in [1.29, 1.82) is 0 Å². The second-order valence-corrected chi connectivity index (χ2v) is 4.70. The molecule has 1 aromatic carbocycles. The van der Waals surface area contributed by atoms with E-state index in [0.29, 0.717) is 12.8 Å². The molecule has 0 aliphatic heterocycles. The van der Waals surface area contributed by atoms with E-state index in [4.69, 9.17) is 0 Å². The SMILES string of the molecule is CCn1c(CNC)nc2ccc(CCC(=O)OC)cc21. The van der Waals surface area contributed by atoms with Crippen LogP contribution in [0.5, 0.6) is 0 Å². The van der Waals surface area contributed by atoms with Gasteiger partial charge in [0, 0.05) is 13.0 Å². The lowest BCUT2D eigenvalue weighted by Gasteiger charge is -2.06. The van der Waals surface area contributed by atoms with E-state index < -0.39 is 0 Å². The van der Waals surface area contributed by atoms with Gasteiger partial charge in [0.1, 0.15) is 5.82 Å². The smallest absolute Gasteiger partial charge is 0.305 e. The van der Waals surface area contributed by atoms with Crippen LogP contribution in [0.1, 0.15) is 24.7 Å². The van der Waals surface area contributed by atoms with Crippen molar-refractivity contribution in [1.82, 2.24) is 14.9 Å².